The average Bonchev–Trinajstić information content (AvgIpc) is 2.32. The molecule has 3 aliphatic heterocycles. The summed E-state index contributed by atoms with van der Waals surface area (Å²) in [6, 6.07) is 0. The van der Waals surface area contributed by atoms with E-state index in [1.165, 1.54) is 25.9 Å². The lowest BCUT2D eigenvalue weighted by Gasteiger charge is -2.44. The first-order valence-corrected chi connectivity index (χ1v) is 6.42. The van der Waals surface area contributed by atoms with Gasteiger partial charge in [-0.05, 0) is 45.7 Å². The first-order valence-electron chi connectivity index (χ1n) is 6.42. The lowest BCUT2D eigenvalue weighted by Crippen LogP contribution is -2.52. The Labute approximate surface area is 97.5 Å². The van der Waals surface area contributed by atoms with E-state index in [0.29, 0.717) is 5.92 Å². The molecule has 4 heteroatoms. The fourth-order valence-corrected chi connectivity index (χ4v) is 2.73. The molecular weight excluding hydrogens is 204 g/mol. The van der Waals surface area contributed by atoms with E-state index in [1.54, 1.807) is 4.90 Å². The molecule has 0 spiro atoms. The zero-order valence-electron chi connectivity index (χ0n) is 10.3. The van der Waals surface area contributed by atoms with Crippen molar-refractivity contribution in [3.05, 3.63) is 0 Å². The van der Waals surface area contributed by atoms with Crippen LogP contribution in [0.3, 0.4) is 0 Å². The van der Waals surface area contributed by atoms with Crippen molar-refractivity contribution in [2.45, 2.75) is 32.8 Å². The molecule has 4 nitrogen and oxygen atoms in total. The van der Waals surface area contributed by atoms with Gasteiger partial charge >= 0.3 is 6.09 Å². The summed E-state index contributed by atoms with van der Waals surface area (Å²) < 4.78 is 5.61. The summed E-state index contributed by atoms with van der Waals surface area (Å²) in [5.74, 6) is 0.601. The van der Waals surface area contributed by atoms with Crippen molar-refractivity contribution in [1.82, 2.24) is 9.80 Å². The molecule has 3 saturated heterocycles. The van der Waals surface area contributed by atoms with Gasteiger partial charge in [-0.1, -0.05) is 0 Å². The third-order valence-electron chi connectivity index (χ3n) is 3.87. The fraction of sp³-hybridized carbons (Fsp3) is 0.917. The molecule has 3 aliphatic rings. The molecule has 0 aliphatic carbocycles. The van der Waals surface area contributed by atoms with Crippen LogP contribution >= 0.6 is 0 Å². The Kier molecular flexibility index (Phi) is 3.69. The molecule has 0 aromatic carbocycles. The van der Waals surface area contributed by atoms with Gasteiger partial charge in [0.2, 0.25) is 0 Å². The molecule has 3 rings (SSSR count). The van der Waals surface area contributed by atoms with Gasteiger partial charge < -0.3 is 9.64 Å². The van der Waals surface area contributed by atoms with Gasteiger partial charge in [0.25, 0.3) is 0 Å². The Hall–Kier alpha value is -0.770. The zero-order chi connectivity index (χ0) is 11.5. The number of fused-ring (bicyclic) bond motifs is 3. The van der Waals surface area contributed by atoms with Gasteiger partial charge in [0, 0.05) is 19.6 Å². The van der Waals surface area contributed by atoms with Crippen LogP contribution in [0, 0.1) is 5.92 Å². The minimum absolute atomic E-state index is 0.135. The summed E-state index contributed by atoms with van der Waals surface area (Å²) in [6.07, 6.45) is 2.38. The maximum absolute atomic E-state index is 11.8. The predicted octanol–water partition coefficient (Wildman–Crippen LogP) is 1.56. The molecule has 0 N–H and O–H groups in total. The predicted molar refractivity (Wildman–Crippen MR) is 62.4 cm³/mol. The number of rotatable bonds is 3. The van der Waals surface area contributed by atoms with Crippen LogP contribution in [0.15, 0.2) is 0 Å². The lowest BCUT2D eigenvalue weighted by atomic mass is 9.86. The first kappa shape index (κ1) is 11.7. The maximum Gasteiger partial charge on any atom is 0.410 e. The summed E-state index contributed by atoms with van der Waals surface area (Å²) >= 11 is 0. The molecule has 92 valence electrons. The van der Waals surface area contributed by atoms with Gasteiger partial charge in [0.05, 0.1) is 0 Å². The molecule has 0 unspecified atom stereocenters. The highest BCUT2D eigenvalue weighted by Crippen LogP contribution is 2.29. The molecule has 1 atom stereocenters. The van der Waals surface area contributed by atoms with Crippen molar-refractivity contribution >= 4 is 6.09 Å². The Balaban J connectivity index is 1.87. The van der Waals surface area contributed by atoms with Gasteiger partial charge in [-0.15, -0.1) is 0 Å². The molecular formula is C12H22N2O2. The topological polar surface area (TPSA) is 32.8 Å². The molecule has 0 radical (unpaired) electrons. The minimum atomic E-state index is -0.135. The van der Waals surface area contributed by atoms with E-state index in [1.807, 2.05) is 13.8 Å². The van der Waals surface area contributed by atoms with Gasteiger partial charge in [-0.25, -0.2) is 4.79 Å². The van der Waals surface area contributed by atoms with E-state index in [0.717, 1.165) is 19.6 Å². The maximum atomic E-state index is 11.8. The summed E-state index contributed by atoms with van der Waals surface area (Å²) in [7, 11) is 0. The zero-order valence-corrected chi connectivity index (χ0v) is 10.3. The van der Waals surface area contributed by atoms with E-state index in [-0.39, 0.29) is 12.2 Å². The van der Waals surface area contributed by atoms with Gasteiger partial charge in [0.1, 0.15) is 6.10 Å². The minimum Gasteiger partial charge on any atom is -0.444 e. The van der Waals surface area contributed by atoms with Gasteiger partial charge in [-0.2, -0.15) is 0 Å². The summed E-state index contributed by atoms with van der Waals surface area (Å²) in [6.45, 7) is 8.75. The standard InChI is InChI=1S/C12H22N2O2/c1-3-14(4-2)12(15)16-11-9-13-7-5-10(11)6-8-13/h10-11H,3-9H2,1-2H3/t11-/m0/s1. The van der Waals surface area contributed by atoms with Gasteiger partial charge in [0.15, 0.2) is 0 Å². The quantitative estimate of drug-likeness (QED) is 0.732. The molecule has 3 fully saturated rings. The van der Waals surface area contributed by atoms with E-state index in [4.69, 9.17) is 4.74 Å². The normalized spacial score (nSPS) is 32.5. The second-order valence-corrected chi connectivity index (χ2v) is 4.73. The van der Waals surface area contributed by atoms with Gasteiger partial charge in [-0.3, -0.25) is 4.90 Å². The molecule has 0 aromatic heterocycles. The number of nitrogens with zero attached hydrogens (tertiary/aromatic N) is 2. The van der Waals surface area contributed by atoms with Crippen molar-refractivity contribution in [3.63, 3.8) is 0 Å². The molecule has 1 amide bonds. The monoisotopic (exact) mass is 226 g/mol. The van der Waals surface area contributed by atoms with E-state index < -0.39 is 0 Å². The molecule has 16 heavy (non-hydrogen) atoms. The average molecular weight is 226 g/mol. The number of amides is 1. The van der Waals surface area contributed by atoms with Crippen LogP contribution in [-0.4, -0.2) is 54.7 Å². The Morgan fingerprint density at radius 2 is 1.94 bits per heavy atom. The third kappa shape index (κ3) is 2.32. The Morgan fingerprint density at radius 1 is 1.31 bits per heavy atom. The number of piperidine rings is 3. The first-order chi connectivity index (χ1) is 7.74. The van der Waals surface area contributed by atoms with Crippen LogP contribution in [0.2, 0.25) is 0 Å². The van der Waals surface area contributed by atoms with E-state index in [9.17, 15) is 4.79 Å². The fourth-order valence-electron chi connectivity index (χ4n) is 2.73. The van der Waals surface area contributed by atoms with Crippen LogP contribution in [0.5, 0.6) is 0 Å². The molecule has 2 bridgehead atoms. The van der Waals surface area contributed by atoms with Crippen molar-refractivity contribution < 1.29 is 9.53 Å². The molecule has 0 saturated carbocycles. The van der Waals surface area contributed by atoms with Crippen LogP contribution in [-0.2, 0) is 4.74 Å². The summed E-state index contributed by atoms with van der Waals surface area (Å²) in [4.78, 5) is 16.0. The van der Waals surface area contributed by atoms with E-state index >= 15 is 0 Å². The Morgan fingerprint density at radius 3 is 2.38 bits per heavy atom. The van der Waals surface area contributed by atoms with E-state index in [2.05, 4.69) is 4.90 Å². The van der Waals surface area contributed by atoms with Crippen LogP contribution in [0.1, 0.15) is 26.7 Å². The number of hydrogen-bond acceptors (Lipinski definition) is 3. The number of carbonyl (C=O) groups excluding carboxylic acids is 1. The van der Waals surface area contributed by atoms with Crippen LogP contribution < -0.4 is 0 Å². The number of hydrogen-bond donors (Lipinski definition) is 0. The smallest absolute Gasteiger partial charge is 0.410 e. The lowest BCUT2D eigenvalue weighted by molar-refractivity contribution is -0.0429. The largest absolute Gasteiger partial charge is 0.444 e. The third-order valence-corrected chi connectivity index (χ3v) is 3.87. The highest BCUT2D eigenvalue weighted by atomic mass is 16.6. The summed E-state index contributed by atoms with van der Waals surface area (Å²) in [5, 5.41) is 0. The highest BCUT2D eigenvalue weighted by Gasteiger charge is 2.36. The summed E-state index contributed by atoms with van der Waals surface area (Å²) in [5.41, 5.74) is 0. The number of ether oxygens (including phenoxy) is 1. The second kappa shape index (κ2) is 5.04. The Bertz CT molecular complexity index is 245. The highest BCUT2D eigenvalue weighted by molar-refractivity contribution is 5.67. The van der Waals surface area contributed by atoms with Crippen LogP contribution in [0.4, 0.5) is 4.79 Å². The SMILES string of the molecule is CCN(CC)C(=O)O[C@H]1CN2CCC1CC2. The molecule has 0 aromatic rings. The second-order valence-electron chi connectivity index (χ2n) is 4.73. The number of carbonyl (C=O) groups is 1. The van der Waals surface area contributed by atoms with Crippen molar-refractivity contribution in [2.75, 3.05) is 32.7 Å². The van der Waals surface area contributed by atoms with Crippen molar-refractivity contribution in [2.24, 2.45) is 5.92 Å². The van der Waals surface area contributed by atoms with Crippen molar-refractivity contribution in [3.8, 4) is 0 Å². The molecule has 3 heterocycles. The van der Waals surface area contributed by atoms with Crippen LogP contribution in [0.25, 0.3) is 0 Å². The van der Waals surface area contributed by atoms with Crippen molar-refractivity contribution in [1.29, 1.82) is 0 Å².